The van der Waals surface area contributed by atoms with Crippen molar-refractivity contribution >= 4 is 18.2 Å². The smallest absolute Gasteiger partial charge is 0.0190 e. The second-order valence-corrected chi connectivity index (χ2v) is 3.65. The fraction of sp³-hybridized carbons (Fsp3) is 0.0526. The minimum Gasteiger partial charge on any atom is -0.0985 e. The Hall–Kier alpha value is -2.34. The number of rotatable bonds is 3. The summed E-state index contributed by atoms with van der Waals surface area (Å²) in [6, 6.07) is 18.0. The third-order valence-electron chi connectivity index (χ3n) is 2.47. The molecule has 0 aliphatic heterocycles. The van der Waals surface area contributed by atoms with Gasteiger partial charge in [-0.2, -0.15) is 0 Å². The molecule has 0 atom stereocenters. The summed E-state index contributed by atoms with van der Waals surface area (Å²) in [4.78, 5) is 0. The molecule has 0 amide bonds. The van der Waals surface area contributed by atoms with Gasteiger partial charge in [-0.1, -0.05) is 100.0 Å². The summed E-state index contributed by atoms with van der Waals surface area (Å²) < 4.78 is 0. The molecule has 98 valence electrons. The van der Waals surface area contributed by atoms with E-state index in [1.165, 1.54) is 5.56 Å². The molecule has 0 aliphatic rings. The fourth-order valence-electron chi connectivity index (χ4n) is 1.47. The topological polar surface area (TPSA) is 0 Å². The molecule has 19 heavy (non-hydrogen) atoms. The van der Waals surface area contributed by atoms with E-state index in [1.807, 2.05) is 72.8 Å². The Kier molecular flexibility index (Phi) is 8.48. The summed E-state index contributed by atoms with van der Waals surface area (Å²) in [5.41, 5.74) is 3.45. The van der Waals surface area contributed by atoms with Crippen LogP contribution in [-0.2, 0) is 0 Å². The van der Waals surface area contributed by atoms with Crippen LogP contribution in [0.4, 0.5) is 0 Å². The van der Waals surface area contributed by atoms with Gasteiger partial charge in [0.1, 0.15) is 0 Å². The van der Waals surface area contributed by atoms with E-state index >= 15 is 0 Å². The molecule has 0 radical (unpaired) electrons. The molecule has 0 heterocycles. The fourth-order valence-corrected chi connectivity index (χ4v) is 1.47. The van der Waals surface area contributed by atoms with E-state index in [9.17, 15) is 0 Å². The molecule has 0 heteroatoms. The van der Waals surface area contributed by atoms with Gasteiger partial charge in [-0.3, -0.25) is 0 Å². The molecular weight excluding hydrogens is 228 g/mol. The Balaban J connectivity index is 0.000000331. The van der Waals surface area contributed by atoms with Crippen LogP contribution in [-0.4, -0.2) is 0 Å². The van der Waals surface area contributed by atoms with E-state index in [4.69, 9.17) is 0 Å². The van der Waals surface area contributed by atoms with Gasteiger partial charge in [0.2, 0.25) is 0 Å². The predicted molar refractivity (Wildman–Crippen MR) is 89.9 cm³/mol. The van der Waals surface area contributed by atoms with Crippen LogP contribution in [0.3, 0.4) is 0 Å². The highest BCUT2D eigenvalue weighted by Gasteiger charge is 1.89. The molecule has 0 spiro atoms. The van der Waals surface area contributed by atoms with E-state index in [0.29, 0.717) is 0 Å². The molecule has 2 aromatic rings. The van der Waals surface area contributed by atoms with E-state index in [0.717, 1.165) is 11.1 Å². The lowest BCUT2D eigenvalue weighted by atomic mass is 10.1. The van der Waals surface area contributed by atoms with Crippen LogP contribution >= 0.6 is 0 Å². The average molecular weight is 250 g/mol. The van der Waals surface area contributed by atoms with Crippen molar-refractivity contribution in [1.82, 2.24) is 0 Å². The van der Waals surface area contributed by atoms with Gasteiger partial charge in [-0.25, -0.2) is 0 Å². The first-order valence-electron chi connectivity index (χ1n) is 5.83. The van der Waals surface area contributed by atoms with Crippen molar-refractivity contribution in [3.63, 3.8) is 0 Å². The molecule has 0 saturated heterocycles. The van der Waals surface area contributed by atoms with Gasteiger partial charge in [0.15, 0.2) is 0 Å². The van der Waals surface area contributed by atoms with Gasteiger partial charge in [0.05, 0.1) is 0 Å². The second-order valence-electron chi connectivity index (χ2n) is 3.65. The Morgan fingerprint density at radius 3 is 1.32 bits per heavy atom. The zero-order valence-corrected chi connectivity index (χ0v) is 10.5. The van der Waals surface area contributed by atoms with Crippen molar-refractivity contribution in [3.8, 4) is 0 Å². The number of benzene rings is 2. The molecular formula is C19H22. The first-order valence-corrected chi connectivity index (χ1v) is 5.83. The lowest BCUT2D eigenvalue weighted by Crippen LogP contribution is -1.76. The third-order valence-corrected chi connectivity index (χ3v) is 2.47. The number of hydrogen-bond donors (Lipinski definition) is 0. The van der Waals surface area contributed by atoms with Crippen molar-refractivity contribution in [1.29, 1.82) is 0 Å². The highest BCUT2D eigenvalue weighted by atomic mass is 13.9. The zero-order valence-electron chi connectivity index (χ0n) is 10.5. The van der Waals surface area contributed by atoms with Crippen LogP contribution in [0, 0.1) is 0 Å². The van der Waals surface area contributed by atoms with Crippen molar-refractivity contribution in [2.45, 2.75) is 7.43 Å². The minimum absolute atomic E-state index is 0. The Morgan fingerprint density at radius 2 is 1.00 bits per heavy atom. The van der Waals surface area contributed by atoms with Gasteiger partial charge in [-0.05, 0) is 16.7 Å². The monoisotopic (exact) mass is 250 g/mol. The SMILES string of the molecule is C.C=Cc1ccccc1.C=Cc1ccccc1C=C. The largest absolute Gasteiger partial charge is 0.0985 e. The maximum Gasteiger partial charge on any atom is -0.0190 e. The van der Waals surface area contributed by atoms with Crippen LogP contribution in [0.1, 0.15) is 24.1 Å². The lowest BCUT2D eigenvalue weighted by molar-refractivity contribution is 1.62. The minimum atomic E-state index is 0. The molecule has 0 fully saturated rings. The predicted octanol–water partition coefficient (Wildman–Crippen LogP) is 5.94. The summed E-state index contributed by atoms with van der Waals surface area (Å²) in [7, 11) is 0. The normalized spacial score (nSPS) is 8.21. The summed E-state index contributed by atoms with van der Waals surface area (Å²) >= 11 is 0. The van der Waals surface area contributed by atoms with Gasteiger partial charge >= 0.3 is 0 Å². The second kappa shape index (κ2) is 9.67. The third kappa shape index (κ3) is 5.69. The quantitative estimate of drug-likeness (QED) is 0.632. The van der Waals surface area contributed by atoms with Gasteiger partial charge in [-0.15, -0.1) is 0 Å². The van der Waals surface area contributed by atoms with E-state index < -0.39 is 0 Å². The van der Waals surface area contributed by atoms with Crippen molar-refractivity contribution < 1.29 is 0 Å². The van der Waals surface area contributed by atoms with Gasteiger partial charge in [0.25, 0.3) is 0 Å². The number of hydrogen-bond acceptors (Lipinski definition) is 0. The summed E-state index contributed by atoms with van der Waals surface area (Å²) in [5.74, 6) is 0. The molecule has 0 aromatic heterocycles. The van der Waals surface area contributed by atoms with Crippen LogP contribution in [0.2, 0.25) is 0 Å². The summed E-state index contributed by atoms with van der Waals surface area (Å²) in [6.45, 7) is 11.0. The van der Waals surface area contributed by atoms with Crippen molar-refractivity contribution in [2.24, 2.45) is 0 Å². The average Bonchev–Trinajstić information content (AvgIpc) is 2.48. The molecule has 0 nitrogen and oxygen atoms in total. The Bertz CT molecular complexity index is 480. The van der Waals surface area contributed by atoms with E-state index in [1.54, 1.807) is 0 Å². The highest BCUT2D eigenvalue weighted by molar-refractivity contribution is 5.63. The molecule has 0 saturated carbocycles. The highest BCUT2D eigenvalue weighted by Crippen LogP contribution is 2.10. The maximum absolute atomic E-state index is 3.69. The first-order chi connectivity index (χ1) is 8.81. The first kappa shape index (κ1) is 16.7. The van der Waals surface area contributed by atoms with E-state index in [-0.39, 0.29) is 7.43 Å². The summed E-state index contributed by atoms with van der Waals surface area (Å²) in [5, 5.41) is 0. The molecule has 0 aliphatic carbocycles. The van der Waals surface area contributed by atoms with Crippen LogP contribution in [0.15, 0.2) is 74.3 Å². The van der Waals surface area contributed by atoms with Crippen LogP contribution in [0.25, 0.3) is 18.2 Å². The Morgan fingerprint density at radius 1 is 0.579 bits per heavy atom. The molecule has 2 rings (SSSR count). The molecule has 0 unspecified atom stereocenters. The maximum atomic E-state index is 3.69. The van der Waals surface area contributed by atoms with Crippen molar-refractivity contribution in [2.75, 3.05) is 0 Å². The standard InChI is InChI=1S/C10H10.C8H8.CH4/c1-3-9-7-5-6-8-10(9)4-2;1-2-8-6-4-3-5-7-8;/h3-8H,1-2H2;2-7H,1H2;1H4. The zero-order chi connectivity index (χ0) is 13.2. The summed E-state index contributed by atoms with van der Waals surface area (Å²) in [6.07, 6.45) is 5.49. The van der Waals surface area contributed by atoms with Crippen molar-refractivity contribution in [3.05, 3.63) is 91.0 Å². The Labute approximate surface area is 117 Å². The van der Waals surface area contributed by atoms with Gasteiger partial charge in [0, 0.05) is 0 Å². The molecule has 0 bridgehead atoms. The van der Waals surface area contributed by atoms with E-state index in [2.05, 4.69) is 19.7 Å². The molecule has 0 N–H and O–H groups in total. The van der Waals surface area contributed by atoms with Gasteiger partial charge < -0.3 is 0 Å². The van der Waals surface area contributed by atoms with Crippen LogP contribution in [0.5, 0.6) is 0 Å². The lowest BCUT2D eigenvalue weighted by Gasteiger charge is -1.96. The van der Waals surface area contributed by atoms with Crippen LogP contribution < -0.4 is 0 Å². The molecule has 2 aromatic carbocycles.